The van der Waals surface area contributed by atoms with Gasteiger partial charge in [-0.05, 0) is 95.3 Å². The second-order valence-corrected chi connectivity index (χ2v) is 23.7. The molecule has 0 radical (unpaired) electrons. The number of morpholine rings is 1. The van der Waals surface area contributed by atoms with Crippen LogP contribution in [0.3, 0.4) is 0 Å². The van der Waals surface area contributed by atoms with Crippen LogP contribution in [0.15, 0.2) is 91.0 Å². The normalized spacial score (nSPS) is 18.9. The summed E-state index contributed by atoms with van der Waals surface area (Å²) in [4.78, 5) is 130. The van der Waals surface area contributed by atoms with Crippen LogP contribution >= 0.6 is 18.9 Å². The molecule has 4 aliphatic rings. The third kappa shape index (κ3) is 12.2. The molecule has 1 aromatic heterocycles. The van der Waals surface area contributed by atoms with E-state index >= 15 is 4.79 Å². The first-order valence-electron chi connectivity index (χ1n) is 25.9. The van der Waals surface area contributed by atoms with Crippen LogP contribution in [0.5, 0.6) is 5.75 Å². The van der Waals surface area contributed by atoms with E-state index in [9.17, 15) is 56.7 Å². The Morgan fingerprint density at radius 3 is 2.42 bits per heavy atom. The van der Waals surface area contributed by atoms with E-state index in [2.05, 4.69) is 27.8 Å². The summed E-state index contributed by atoms with van der Waals surface area (Å²) in [5.74, 6) is 2.02. The smallest absolute Gasteiger partial charge is 0.399 e. The number of benzene rings is 4. The number of ether oxygens (including phenoxy) is 2. The van der Waals surface area contributed by atoms with Gasteiger partial charge in [-0.2, -0.15) is 8.78 Å². The van der Waals surface area contributed by atoms with Crippen molar-refractivity contribution in [1.82, 2.24) is 30.7 Å². The minimum atomic E-state index is -5.87. The Balaban J connectivity index is 0.836. The summed E-state index contributed by atoms with van der Waals surface area (Å²) >= 11 is 0.941. The minimum absolute atomic E-state index is 0.0170. The number of hydrogen-bond donors (Lipinski definition) is 5. The summed E-state index contributed by atoms with van der Waals surface area (Å²) in [7, 11) is -5.87. The standard InChI is InChI=1S/C57H57F2N6O13PS/c1-56(2,3)49(62-51(69)46-29-36-26-38(16-20-45(36)80-46)57(58,59)79(74,75)76)55(73)64-30-37-27-39(17-15-35(37)28-43(64)54(72)63-23-24-77-44(31-63)34-12-8-6-9-13-34)78-32-48(67)60-22-10-5-4-7-11-33-14-18-40-41(25-33)53(71)65(52(40)70)42-19-21-47(66)61-50(42)68/h6,8-9,12-18,20,25-27,29,42-44,49H,4-5,10,19,21-24,28,30-32H2,1-3H3,(H,60,67)(H,62,69)(H,61,66,68)(H2,74,75,76)/t42?,43-,44-,49?/m0/s1. The number of amides is 8. The van der Waals surface area contributed by atoms with Crippen LogP contribution in [0.25, 0.3) is 10.1 Å². The van der Waals surface area contributed by atoms with Crippen molar-refractivity contribution < 1.29 is 71.0 Å². The second kappa shape index (κ2) is 23.2. The van der Waals surface area contributed by atoms with Crippen LogP contribution < -0.4 is 20.7 Å². The number of unbranched alkanes of at least 4 members (excludes halogenated alkanes) is 2. The fraction of sp³-hybridized carbons (Fsp3) is 0.368. The van der Waals surface area contributed by atoms with E-state index in [0.29, 0.717) is 47.4 Å². The van der Waals surface area contributed by atoms with Crippen molar-refractivity contribution in [2.75, 3.05) is 32.8 Å². The third-order valence-corrected chi connectivity index (χ3v) is 16.5. The highest BCUT2D eigenvalue weighted by atomic mass is 32.1. The molecule has 4 aromatic carbocycles. The van der Waals surface area contributed by atoms with E-state index < -0.39 is 83.9 Å². The maximum atomic E-state index is 15.1. The van der Waals surface area contributed by atoms with Crippen molar-refractivity contribution in [3.63, 3.8) is 0 Å². The molecule has 4 atom stereocenters. The number of thiophene rings is 1. The van der Waals surface area contributed by atoms with Crippen molar-refractivity contribution in [3.8, 4) is 17.6 Å². The average molecular weight is 1140 g/mol. The number of nitrogens with zero attached hydrogens (tertiary/aromatic N) is 3. The molecule has 5 N–H and O–H groups in total. The molecule has 2 saturated heterocycles. The zero-order valence-electron chi connectivity index (χ0n) is 43.8. The second-order valence-electron chi connectivity index (χ2n) is 21.0. The molecule has 19 nitrogen and oxygen atoms in total. The fourth-order valence-electron chi connectivity index (χ4n) is 10.0. The zero-order valence-corrected chi connectivity index (χ0v) is 45.5. The molecule has 418 valence electrons. The fourth-order valence-corrected chi connectivity index (χ4v) is 11.5. The van der Waals surface area contributed by atoms with E-state index in [1.807, 2.05) is 30.3 Å². The van der Waals surface area contributed by atoms with Crippen LogP contribution in [0.2, 0.25) is 0 Å². The Morgan fingerprint density at radius 1 is 0.925 bits per heavy atom. The number of halogens is 2. The van der Waals surface area contributed by atoms with E-state index in [0.717, 1.165) is 39.5 Å². The van der Waals surface area contributed by atoms with Crippen molar-refractivity contribution in [1.29, 1.82) is 0 Å². The largest absolute Gasteiger partial charge is 0.484 e. The monoisotopic (exact) mass is 1130 g/mol. The van der Waals surface area contributed by atoms with Crippen molar-refractivity contribution in [2.24, 2.45) is 5.41 Å². The number of nitrogens with one attached hydrogen (secondary N) is 3. The molecule has 9 rings (SSSR count). The summed E-state index contributed by atoms with van der Waals surface area (Å²) in [6, 6.07) is 20.3. The molecule has 0 saturated carbocycles. The molecular formula is C57H57F2N6O13PS. The van der Waals surface area contributed by atoms with E-state index in [1.54, 1.807) is 49.9 Å². The molecule has 4 aliphatic heterocycles. The van der Waals surface area contributed by atoms with Gasteiger partial charge in [-0.25, -0.2) is 0 Å². The Hall–Kier alpha value is -7.67. The predicted octanol–water partition coefficient (Wildman–Crippen LogP) is 5.94. The lowest BCUT2D eigenvalue weighted by molar-refractivity contribution is -0.153. The maximum absolute atomic E-state index is 15.1. The van der Waals surface area contributed by atoms with Crippen molar-refractivity contribution >= 4 is 76.3 Å². The van der Waals surface area contributed by atoms with Gasteiger partial charge in [-0.1, -0.05) is 75.1 Å². The number of alkyl halides is 2. The SMILES string of the molecule is CC(C)(C)C(NC(=O)c1cc2cc(C(F)(F)P(=O)(O)O)ccc2s1)C(=O)N1Cc2cc(OCC(=O)NCCCCC#Cc3ccc4c(c3)C(=O)N(C3CCC(=O)NC3=O)C4=O)ccc2C[C@H]1C(=O)N1CCO[C@H](c2ccccc2)C1. The molecule has 80 heavy (non-hydrogen) atoms. The van der Waals surface area contributed by atoms with Crippen LogP contribution in [0.4, 0.5) is 8.78 Å². The number of imide groups is 2. The summed E-state index contributed by atoms with van der Waals surface area (Å²) in [6.07, 6.45) is 1.45. The first-order chi connectivity index (χ1) is 38.0. The lowest BCUT2D eigenvalue weighted by atomic mass is 9.84. The molecule has 5 aromatic rings. The Kier molecular flexibility index (Phi) is 16.5. The zero-order chi connectivity index (χ0) is 57.3. The van der Waals surface area contributed by atoms with Crippen LogP contribution in [0.1, 0.15) is 117 Å². The Morgan fingerprint density at radius 2 is 1.69 bits per heavy atom. The third-order valence-electron chi connectivity index (χ3n) is 14.4. The number of carbonyl (C=O) groups excluding carboxylic acids is 8. The van der Waals surface area contributed by atoms with Gasteiger partial charge in [0.15, 0.2) is 6.61 Å². The summed E-state index contributed by atoms with van der Waals surface area (Å²) in [5.41, 5.74) is -3.24. The van der Waals surface area contributed by atoms with Gasteiger partial charge < -0.3 is 39.7 Å². The number of piperidine rings is 1. The lowest BCUT2D eigenvalue weighted by Crippen LogP contribution is -2.61. The van der Waals surface area contributed by atoms with Crippen molar-refractivity contribution in [2.45, 2.75) is 95.7 Å². The Bertz CT molecular complexity index is 3440. The molecule has 8 amide bonds. The van der Waals surface area contributed by atoms with E-state index in [-0.39, 0.29) is 85.3 Å². The van der Waals surface area contributed by atoms with Gasteiger partial charge in [0.1, 0.15) is 30.0 Å². The molecule has 5 heterocycles. The first-order valence-corrected chi connectivity index (χ1v) is 28.3. The van der Waals surface area contributed by atoms with Gasteiger partial charge in [-0.3, -0.25) is 53.1 Å². The van der Waals surface area contributed by atoms with Gasteiger partial charge in [0.05, 0.1) is 29.2 Å². The maximum Gasteiger partial charge on any atom is 0.399 e. The van der Waals surface area contributed by atoms with Crippen molar-refractivity contribution in [3.05, 3.63) is 135 Å². The molecule has 2 fully saturated rings. The van der Waals surface area contributed by atoms with Gasteiger partial charge in [0.25, 0.3) is 23.6 Å². The average Bonchev–Trinajstić information content (AvgIpc) is 3.97. The quantitative estimate of drug-likeness (QED) is 0.0352. The van der Waals surface area contributed by atoms with Gasteiger partial charge in [-0.15, -0.1) is 11.3 Å². The van der Waals surface area contributed by atoms with Gasteiger partial charge >= 0.3 is 13.3 Å². The molecule has 2 unspecified atom stereocenters. The van der Waals surface area contributed by atoms with E-state index in [1.165, 1.54) is 29.2 Å². The summed E-state index contributed by atoms with van der Waals surface area (Å²) in [6.45, 7) is 5.93. The number of fused-ring (bicyclic) bond motifs is 3. The summed E-state index contributed by atoms with van der Waals surface area (Å²) in [5, 5.41) is 7.98. The number of hydrogen-bond acceptors (Lipinski definition) is 12. The number of rotatable bonds is 15. The molecule has 23 heteroatoms. The topological polar surface area (TPSA) is 258 Å². The highest BCUT2D eigenvalue weighted by molar-refractivity contribution is 7.52. The van der Waals surface area contributed by atoms with Crippen LogP contribution in [-0.4, -0.2) is 123 Å². The van der Waals surface area contributed by atoms with Crippen LogP contribution in [0, 0.1) is 17.3 Å². The first kappa shape index (κ1) is 57.0. The molecular weight excluding hydrogens is 1080 g/mol. The van der Waals surface area contributed by atoms with Gasteiger partial charge in [0, 0.05) is 54.7 Å². The number of carbonyl (C=O) groups is 8. The highest BCUT2D eigenvalue weighted by Crippen LogP contribution is 2.59. The molecule has 0 aliphatic carbocycles. The lowest BCUT2D eigenvalue weighted by Gasteiger charge is -2.43. The van der Waals surface area contributed by atoms with E-state index in [4.69, 9.17) is 9.47 Å². The Labute approximate surface area is 462 Å². The van der Waals surface area contributed by atoms with Gasteiger partial charge in [0.2, 0.25) is 23.6 Å². The molecule has 0 bridgehead atoms. The summed E-state index contributed by atoms with van der Waals surface area (Å²) < 4.78 is 53.3. The molecule has 0 spiro atoms. The minimum Gasteiger partial charge on any atom is -0.484 e. The predicted molar refractivity (Wildman–Crippen MR) is 287 cm³/mol. The van der Waals surface area contributed by atoms with Crippen LogP contribution in [-0.2, 0) is 51.9 Å². The highest BCUT2D eigenvalue weighted by Gasteiger charge is 2.51.